The maximum absolute atomic E-state index is 11.6. The summed E-state index contributed by atoms with van der Waals surface area (Å²) in [5, 5.41) is 13.8. The second-order valence-corrected chi connectivity index (χ2v) is 14.5. The van der Waals surface area contributed by atoms with E-state index in [1.54, 1.807) is 0 Å². The normalized spacial score (nSPS) is 56.7. The van der Waals surface area contributed by atoms with E-state index in [0.717, 1.165) is 18.8 Å². The molecule has 0 aromatic carbocycles. The molecule has 5 aliphatic carbocycles. The van der Waals surface area contributed by atoms with Gasteiger partial charge in [-0.3, -0.25) is 0 Å². The fraction of sp³-hybridized carbons (Fsp3) is 0.966. The van der Waals surface area contributed by atoms with Crippen LogP contribution in [0.3, 0.4) is 0 Å². The molecule has 6 rings (SSSR count). The maximum Gasteiger partial charge on any atom is 0.406 e. The summed E-state index contributed by atoms with van der Waals surface area (Å²) in [5.41, 5.74) is 1.68. The smallest absolute Gasteiger partial charge is 0.406 e. The summed E-state index contributed by atoms with van der Waals surface area (Å²) >= 11 is 0. The first-order valence-electron chi connectivity index (χ1n) is 14.1. The minimum Gasteiger partial charge on any atom is -0.453 e. The van der Waals surface area contributed by atoms with Gasteiger partial charge in [0.1, 0.15) is 0 Å². The molecule has 34 heavy (non-hydrogen) atoms. The standard InChI is InChI=1S/C29H47NO4/c1-17-13-18(15-30-24(32)33-6)34-19-14-27(5)21-8-7-20-25(2,3)22(31)9-10-28(20)16-29(21,28)12-11-26(27,4)23(17)19/h17-23,31H,7-16H2,1-6H3,(H,30,32)/t17-,18?,19?,20?,21?,22+,23?,26-,27+,28-,29?/m1/s1. The van der Waals surface area contributed by atoms with Gasteiger partial charge in [0.05, 0.1) is 25.4 Å². The molecule has 5 heteroatoms. The number of amides is 1. The zero-order valence-electron chi connectivity index (χ0n) is 22.3. The van der Waals surface area contributed by atoms with Crippen LogP contribution in [0.5, 0.6) is 0 Å². The first-order valence-corrected chi connectivity index (χ1v) is 14.1. The van der Waals surface area contributed by atoms with Gasteiger partial charge in [-0.05, 0) is 109 Å². The van der Waals surface area contributed by atoms with Gasteiger partial charge in [-0.2, -0.15) is 0 Å². The molecule has 1 amide bonds. The second-order valence-electron chi connectivity index (χ2n) is 14.5. The zero-order chi connectivity index (χ0) is 24.3. The van der Waals surface area contributed by atoms with E-state index in [4.69, 9.17) is 9.47 Å². The highest BCUT2D eigenvalue weighted by Crippen LogP contribution is 2.89. The molecule has 0 bridgehead atoms. The van der Waals surface area contributed by atoms with Crippen LogP contribution in [0.2, 0.25) is 0 Å². The van der Waals surface area contributed by atoms with Crippen molar-refractivity contribution in [2.45, 2.75) is 111 Å². The Bertz CT molecular complexity index is 874. The average molecular weight is 474 g/mol. The Hall–Kier alpha value is -0.810. The predicted octanol–water partition coefficient (Wildman–Crippen LogP) is 5.55. The zero-order valence-corrected chi connectivity index (χ0v) is 22.3. The number of hydrogen-bond acceptors (Lipinski definition) is 4. The molecule has 0 aromatic heterocycles. The van der Waals surface area contributed by atoms with Gasteiger partial charge in [0.2, 0.25) is 0 Å². The third-order valence-electron chi connectivity index (χ3n) is 13.4. The van der Waals surface area contributed by atoms with Crippen LogP contribution in [0, 0.1) is 50.7 Å². The van der Waals surface area contributed by atoms with Crippen LogP contribution < -0.4 is 5.32 Å². The minimum absolute atomic E-state index is 0.0511. The Morgan fingerprint density at radius 1 is 1.03 bits per heavy atom. The summed E-state index contributed by atoms with van der Waals surface area (Å²) in [6, 6.07) is 0. The van der Waals surface area contributed by atoms with Crippen molar-refractivity contribution in [1.29, 1.82) is 0 Å². The highest BCUT2D eigenvalue weighted by atomic mass is 16.5. The van der Waals surface area contributed by atoms with Crippen LogP contribution in [-0.4, -0.2) is 43.2 Å². The number of carbonyl (C=O) groups is 1. The molecule has 5 saturated carbocycles. The number of methoxy groups -OCH3 is 1. The van der Waals surface area contributed by atoms with E-state index in [0.29, 0.717) is 52.1 Å². The lowest BCUT2D eigenvalue weighted by atomic mass is 9.41. The SMILES string of the molecule is COC(=O)NCC1C[C@@H](C)C2C(C[C@@]3(C)C4CCC5C(C)(C)[C@@H](O)CC[C@@]56CC46CC[C@]23C)O1. The fourth-order valence-corrected chi connectivity index (χ4v) is 11.8. The number of alkyl carbamates (subject to hydrolysis) is 1. The van der Waals surface area contributed by atoms with Crippen LogP contribution in [0.15, 0.2) is 0 Å². The van der Waals surface area contributed by atoms with E-state index in [9.17, 15) is 9.90 Å². The highest BCUT2D eigenvalue weighted by Gasteiger charge is 2.83. The Morgan fingerprint density at radius 2 is 1.74 bits per heavy atom. The number of rotatable bonds is 2. The van der Waals surface area contributed by atoms with Crippen molar-refractivity contribution in [2.75, 3.05) is 13.7 Å². The van der Waals surface area contributed by atoms with Crippen molar-refractivity contribution in [2.24, 2.45) is 50.7 Å². The van der Waals surface area contributed by atoms with E-state index in [1.165, 1.54) is 52.1 Å². The van der Waals surface area contributed by atoms with Crippen molar-refractivity contribution in [3.8, 4) is 0 Å². The van der Waals surface area contributed by atoms with Crippen molar-refractivity contribution >= 4 is 6.09 Å². The highest BCUT2D eigenvalue weighted by molar-refractivity contribution is 5.66. The molecule has 192 valence electrons. The Morgan fingerprint density at radius 3 is 2.47 bits per heavy atom. The fourth-order valence-electron chi connectivity index (χ4n) is 11.8. The summed E-state index contributed by atoms with van der Waals surface area (Å²) in [7, 11) is 1.42. The Kier molecular flexibility index (Phi) is 4.96. The van der Waals surface area contributed by atoms with Crippen molar-refractivity contribution in [3.63, 3.8) is 0 Å². The number of nitrogens with one attached hydrogen (secondary N) is 1. The predicted molar refractivity (Wildman–Crippen MR) is 131 cm³/mol. The molecule has 0 aromatic rings. The van der Waals surface area contributed by atoms with E-state index in [2.05, 4.69) is 39.9 Å². The molecular weight excluding hydrogens is 426 g/mol. The van der Waals surface area contributed by atoms with Crippen LogP contribution in [0.1, 0.15) is 92.4 Å². The topological polar surface area (TPSA) is 67.8 Å². The van der Waals surface area contributed by atoms with Crippen LogP contribution >= 0.6 is 0 Å². The van der Waals surface area contributed by atoms with Crippen LogP contribution in [0.4, 0.5) is 4.79 Å². The molecule has 11 atom stereocenters. The first kappa shape index (κ1) is 23.6. The van der Waals surface area contributed by atoms with Crippen molar-refractivity contribution in [1.82, 2.24) is 5.32 Å². The average Bonchev–Trinajstić information content (AvgIpc) is 3.38. The van der Waals surface area contributed by atoms with Crippen LogP contribution in [-0.2, 0) is 9.47 Å². The number of fused-ring (bicyclic) bond motifs is 4. The third-order valence-corrected chi connectivity index (χ3v) is 13.4. The van der Waals surface area contributed by atoms with Crippen molar-refractivity contribution in [3.05, 3.63) is 0 Å². The van der Waals surface area contributed by atoms with Crippen LogP contribution in [0.25, 0.3) is 0 Å². The molecule has 6 unspecified atom stereocenters. The minimum atomic E-state index is -0.365. The molecule has 2 spiro atoms. The molecule has 1 saturated heterocycles. The number of aliphatic hydroxyl groups is 1. The molecular formula is C29H47NO4. The summed E-state index contributed by atoms with van der Waals surface area (Å²) in [6.07, 6.45) is 11.1. The second kappa shape index (κ2) is 7.15. The Balaban J connectivity index is 1.28. The van der Waals surface area contributed by atoms with E-state index in [1.807, 2.05) is 0 Å². The number of carbonyl (C=O) groups excluding carboxylic acids is 1. The number of aliphatic hydroxyl groups excluding tert-OH is 1. The monoisotopic (exact) mass is 473 g/mol. The molecule has 2 N–H and O–H groups in total. The molecule has 6 fully saturated rings. The summed E-state index contributed by atoms with van der Waals surface area (Å²) in [5.74, 6) is 2.69. The summed E-state index contributed by atoms with van der Waals surface area (Å²) in [4.78, 5) is 11.6. The van der Waals surface area contributed by atoms with Gasteiger partial charge in [0, 0.05) is 6.54 Å². The molecule has 1 heterocycles. The van der Waals surface area contributed by atoms with Gasteiger partial charge >= 0.3 is 6.09 Å². The summed E-state index contributed by atoms with van der Waals surface area (Å²) < 4.78 is 11.6. The first-order chi connectivity index (χ1) is 15.9. The lowest BCUT2D eigenvalue weighted by Crippen LogP contribution is -2.58. The Labute approximate surface area is 206 Å². The number of ether oxygens (including phenoxy) is 2. The van der Waals surface area contributed by atoms with Gasteiger partial charge in [0.25, 0.3) is 0 Å². The van der Waals surface area contributed by atoms with E-state index >= 15 is 0 Å². The van der Waals surface area contributed by atoms with E-state index in [-0.39, 0.29) is 23.7 Å². The van der Waals surface area contributed by atoms with Gasteiger partial charge in [0.15, 0.2) is 0 Å². The molecule has 1 aliphatic heterocycles. The largest absolute Gasteiger partial charge is 0.453 e. The molecule has 0 radical (unpaired) electrons. The van der Waals surface area contributed by atoms with Gasteiger partial charge in [-0.25, -0.2) is 4.79 Å². The molecule has 6 aliphatic rings. The van der Waals surface area contributed by atoms with Gasteiger partial charge in [-0.1, -0.05) is 34.6 Å². The summed E-state index contributed by atoms with van der Waals surface area (Å²) in [6.45, 7) is 13.0. The quantitative estimate of drug-likeness (QED) is 0.552. The molecule has 5 nitrogen and oxygen atoms in total. The third kappa shape index (κ3) is 2.67. The lowest BCUT2D eigenvalue weighted by molar-refractivity contribution is -0.166. The van der Waals surface area contributed by atoms with Gasteiger partial charge in [-0.15, -0.1) is 0 Å². The lowest BCUT2D eigenvalue weighted by Gasteiger charge is -2.63. The van der Waals surface area contributed by atoms with Gasteiger partial charge < -0.3 is 19.9 Å². The van der Waals surface area contributed by atoms with Crippen molar-refractivity contribution < 1.29 is 19.4 Å². The number of hydrogen-bond donors (Lipinski definition) is 2. The maximum atomic E-state index is 11.6. The van der Waals surface area contributed by atoms with E-state index < -0.39 is 0 Å².